The van der Waals surface area contributed by atoms with E-state index in [0.29, 0.717) is 0 Å². The molecule has 0 aromatic rings. The molecule has 0 rings (SSSR count). The number of aliphatic carboxylic acids is 2. The molecule has 0 heterocycles. The number of aliphatic hydroxyl groups excluding tert-OH is 1. The quantitative estimate of drug-likeness (QED) is 0.124. The first-order valence-electron chi connectivity index (χ1n) is 8.04. The van der Waals surface area contributed by atoms with Gasteiger partial charge in [-0.2, -0.15) is 12.6 Å². The van der Waals surface area contributed by atoms with Crippen molar-refractivity contribution < 1.29 is 44.1 Å². The minimum absolute atomic E-state index is 0.297. The Hall–Kier alpha value is -2.91. The summed E-state index contributed by atoms with van der Waals surface area (Å²) in [5.74, 6) is -7.53. The highest BCUT2D eigenvalue weighted by atomic mass is 32.1. The first-order valence-corrected chi connectivity index (χ1v) is 8.67. The van der Waals surface area contributed by atoms with Crippen molar-refractivity contribution in [3.8, 4) is 0 Å². The summed E-state index contributed by atoms with van der Waals surface area (Å²) in [6, 6.07) is -6.23. The van der Waals surface area contributed by atoms with Crippen molar-refractivity contribution in [1.82, 2.24) is 16.0 Å². The van der Waals surface area contributed by atoms with Gasteiger partial charge in [0.2, 0.25) is 23.6 Å². The van der Waals surface area contributed by atoms with Gasteiger partial charge in [-0.05, 0) is 0 Å². The zero-order valence-corrected chi connectivity index (χ0v) is 15.9. The van der Waals surface area contributed by atoms with Gasteiger partial charge in [0.25, 0.3) is 0 Å². The predicted molar refractivity (Wildman–Crippen MR) is 98.4 cm³/mol. The van der Waals surface area contributed by atoms with Gasteiger partial charge in [-0.1, -0.05) is 0 Å². The average Bonchev–Trinajstić information content (AvgIpc) is 2.62. The van der Waals surface area contributed by atoms with Crippen LogP contribution in [0.15, 0.2) is 0 Å². The van der Waals surface area contributed by atoms with Crippen LogP contribution in [0.5, 0.6) is 0 Å². The summed E-state index contributed by atoms with van der Waals surface area (Å²) in [6.07, 6.45) is -1.64. The number of carbonyl (C=O) groups excluding carboxylic acids is 4. The maximum Gasteiger partial charge on any atom is 0.327 e. The van der Waals surface area contributed by atoms with E-state index in [0.717, 1.165) is 0 Å². The Morgan fingerprint density at radius 1 is 0.828 bits per heavy atom. The van der Waals surface area contributed by atoms with Crippen molar-refractivity contribution in [2.75, 3.05) is 12.4 Å². The fraction of sp³-hybridized carbons (Fsp3) is 0.571. The van der Waals surface area contributed by atoms with Gasteiger partial charge in [-0.15, -0.1) is 0 Å². The van der Waals surface area contributed by atoms with Crippen molar-refractivity contribution in [1.29, 1.82) is 0 Å². The maximum absolute atomic E-state index is 12.4. The minimum Gasteiger partial charge on any atom is -0.481 e. The largest absolute Gasteiger partial charge is 0.481 e. The van der Waals surface area contributed by atoms with Crippen molar-refractivity contribution in [2.45, 2.75) is 37.0 Å². The lowest BCUT2D eigenvalue weighted by Gasteiger charge is -2.23. The second-order valence-corrected chi connectivity index (χ2v) is 6.13. The van der Waals surface area contributed by atoms with Gasteiger partial charge in [-0.3, -0.25) is 24.0 Å². The second-order valence-electron chi connectivity index (χ2n) is 5.76. The van der Waals surface area contributed by atoms with Crippen LogP contribution in [0.25, 0.3) is 0 Å². The molecule has 0 radical (unpaired) electrons. The summed E-state index contributed by atoms with van der Waals surface area (Å²) in [6.45, 7) is -0.778. The molecule has 0 bridgehead atoms. The summed E-state index contributed by atoms with van der Waals surface area (Å²) in [5, 5.41) is 32.8. The van der Waals surface area contributed by atoms with Crippen molar-refractivity contribution in [2.24, 2.45) is 11.5 Å². The molecule has 15 heteroatoms. The fourth-order valence-corrected chi connectivity index (χ4v) is 2.13. The lowest BCUT2D eigenvalue weighted by molar-refractivity contribution is -0.143. The van der Waals surface area contributed by atoms with Crippen LogP contribution in [0.1, 0.15) is 12.8 Å². The average molecular weight is 437 g/mol. The van der Waals surface area contributed by atoms with Gasteiger partial charge in [0.15, 0.2) is 0 Å². The van der Waals surface area contributed by atoms with Gasteiger partial charge >= 0.3 is 11.9 Å². The summed E-state index contributed by atoms with van der Waals surface area (Å²) >= 11 is 3.75. The molecule has 4 atom stereocenters. The standard InChI is InChI=1S/C14H23N5O9S/c15-5(3-20)11(24)17-7(2-10(22)23)13(26)18-6(1-9(16)21)12(25)19-8(4-29)14(27)28/h5-8,20,29H,1-4,15H2,(H2,16,21)(H,17,24)(H,18,26)(H,19,25)(H,22,23)(H,27,28). The molecule has 4 amide bonds. The molecule has 29 heavy (non-hydrogen) atoms. The number of carboxylic acids is 2. The van der Waals surface area contributed by atoms with E-state index in [1.165, 1.54) is 0 Å². The number of thiol groups is 1. The molecule has 14 nitrogen and oxygen atoms in total. The first-order chi connectivity index (χ1) is 13.4. The molecule has 10 N–H and O–H groups in total. The Morgan fingerprint density at radius 2 is 1.28 bits per heavy atom. The smallest absolute Gasteiger partial charge is 0.327 e. The van der Waals surface area contributed by atoms with E-state index in [4.69, 9.17) is 26.8 Å². The number of rotatable bonds is 13. The molecule has 0 fully saturated rings. The van der Waals surface area contributed by atoms with Crippen LogP contribution >= 0.6 is 12.6 Å². The molecule has 0 aliphatic heterocycles. The molecule has 0 aromatic carbocycles. The number of nitrogens with one attached hydrogen (secondary N) is 3. The zero-order valence-electron chi connectivity index (χ0n) is 15.0. The Bertz CT molecular complexity index is 659. The van der Waals surface area contributed by atoms with E-state index in [1.807, 2.05) is 16.0 Å². The number of aliphatic hydroxyl groups is 1. The Labute approximate surface area is 169 Å². The molecule has 0 aliphatic carbocycles. The summed E-state index contributed by atoms with van der Waals surface area (Å²) < 4.78 is 0. The minimum atomic E-state index is -1.71. The van der Waals surface area contributed by atoms with Gasteiger partial charge in [0.05, 0.1) is 19.4 Å². The van der Waals surface area contributed by atoms with Gasteiger partial charge in [0.1, 0.15) is 24.2 Å². The van der Waals surface area contributed by atoms with Crippen LogP contribution in [0.4, 0.5) is 0 Å². The normalized spacial score (nSPS) is 14.6. The monoisotopic (exact) mass is 437 g/mol. The van der Waals surface area contributed by atoms with E-state index in [1.54, 1.807) is 0 Å². The van der Waals surface area contributed by atoms with E-state index >= 15 is 0 Å². The van der Waals surface area contributed by atoms with E-state index in [-0.39, 0.29) is 5.75 Å². The summed E-state index contributed by atoms with van der Waals surface area (Å²) in [5.41, 5.74) is 10.3. The van der Waals surface area contributed by atoms with Gasteiger partial charge < -0.3 is 42.7 Å². The van der Waals surface area contributed by atoms with Crippen LogP contribution in [0.2, 0.25) is 0 Å². The molecular formula is C14H23N5O9S. The van der Waals surface area contributed by atoms with E-state index in [2.05, 4.69) is 12.6 Å². The van der Waals surface area contributed by atoms with Crippen molar-refractivity contribution in [3.63, 3.8) is 0 Å². The molecule has 0 aromatic heterocycles. The van der Waals surface area contributed by atoms with Crippen LogP contribution in [0.3, 0.4) is 0 Å². The second kappa shape index (κ2) is 12.5. The third-order valence-corrected chi connectivity index (χ3v) is 3.75. The Kier molecular flexibility index (Phi) is 11.3. The number of carboxylic acid groups (broad SMARTS) is 2. The summed E-state index contributed by atoms with van der Waals surface area (Å²) in [4.78, 5) is 69.4. The Morgan fingerprint density at radius 3 is 1.66 bits per heavy atom. The molecule has 0 saturated carbocycles. The predicted octanol–water partition coefficient (Wildman–Crippen LogP) is -4.88. The topological polar surface area (TPSA) is 251 Å². The highest BCUT2D eigenvalue weighted by molar-refractivity contribution is 7.80. The Balaban J connectivity index is 5.42. The highest BCUT2D eigenvalue weighted by Crippen LogP contribution is 2.00. The highest BCUT2D eigenvalue weighted by Gasteiger charge is 2.31. The lowest BCUT2D eigenvalue weighted by atomic mass is 10.1. The number of nitrogens with two attached hydrogens (primary N) is 2. The zero-order chi connectivity index (χ0) is 22.7. The molecule has 0 saturated heterocycles. The van der Waals surface area contributed by atoms with Crippen LogP contribution in [-0.4, -0.2) is 87.4 Å². The molecule has 4 unspecified atom stereocenters. The van der Waals surface area contributed by atoms with Crippen molar-refractivity contribution in [3.05, 3.63) is 0 Å². The number of carbonyl (C=O) groups is 6. The SMILES string of the molecule is NC(=O)CC(NC(=O)C(CC(=O)O)NC(=O)C(N)CO)C(=O)NC(CS)C(=O)O. The number of hydrogen-bond acceptors (Lipinski definition) is 9. The molecule has 164 valence electrons. The van der Waals surface area contributed by atoms with Crippen LogP contribution in [0, 0.1) is 0 Å². The molecular weight excluding hydrogens is 414 g/mol. The van der Waals surface area contributed by atoms with Gasteiger partial charge in [-0.25, -0.2) is 4.79 Å². The van der Waals surface area contributed by atoms with E-state index < -0.39 is 79.2 Å². The van der Waals surface area contributed by atoms with E-state index in [9.17, 15) is 28.8 Å². The third kappa shape index (κ3) is 9.72. The molecule has 0 spiro atoms. The van der Waals surface area contributed by atoms with Gasteiger partial charge in [0, 0.05) is 5.75 Å². The first kappa shape index (κ1) is 26.1. The number of hydrogen-bond donors (Lipinski definition) is 9. The lowest BCUT2D eigenvalue weighted by Crippen LogP contribution is -2.58. The maximum atomic E-state index is 12.4. The summed E-state index contributed by atoms with van der Waals surface area (Å²) in [7, 11) is 0. The number of amides is 4. The number of primary amides is 1. The van der Waals surface area contributed by atoms with Crippen LogP contribution < -0.4 is 27.4 Å². The van der Waals surface area contributed by atoms with Crippen molar-refractivity contribution >= 4 is 48.2 Å². The molecule has 0 aliphatic rings. The van der Waals surface area contributed by atoms with Crippen LogP contribution in [-0.2, 0) is 28.8 Å². The fourth-order valence-electron chi connectivity index (χ4n) is 1.89. The third-order valence-electron chi connectivity index (χ3n) is 3.38.